The molecule has 0 fully saturated rings. The summed E-state index contributed by atoms with van der Waals surface area (Å²) in [5.74, 6) is 2.60. The highest BCUT2D eigenvalue weighted by Gasteiger charge is 2.25. The minimum atomic E-state index is -1.67. The molecule has 0 aliphatic carbocycles. The van der Waals surface area contributed by atoms with Gasteiger partial charge in [-0.1, -0.05) is 98.1 Å². The first-order chi connectivity index (χ1) is 24.0. The van der Waals surface area contributed by atoms with Crippen molar-refractivity contribution in [3.8, 4) is 11.5 Å². The van der Waals surface area contributed by atoms with E-state index in [0.29, 0.717) is 23.0 Å². The van der Waals surface area contributed by atoms with Crippen LogP contribution in [0, 0.1) is 0 Å². The van der Waals surface area contributed by atoms with Gasteiger partial charge in [0.15, 0.2) is 0 Å². The maximum atomic E-state index is 6.69. The van der Waals surface area contributed by atoms with Gasteiger partial charge in [-0.25, -0.2) is 0 Å². The summed E-state index contributed by atoms with van der Waals surface area (Å²) in [7, 11) is -3.28. The van der Waals surface area contributed by atoms with Crippen molar-refractivity contribution in [3.05, 3.63) is 194 Å². The molecule has 248 valence electrons. The first-order valence-electron chi connectivity index (χ1n) is 15.8. The zero-order valence-electron chi connectivity index (χ0n) is 28.0. The summed E-state index contributed by atoms with van der Waals surface area (Å²) < 4.78 is 30.4. The minimum absolute atomic E-state index is 0.523. The number of hydrogen-bond donors (Lipinski definition) is 0. The maximum absolute atomic E-state index is 6.69. The number of para-hydroxylation sites is 4. The van der Waals surface area contributed by atoms with Crippen LogP contribution in [-0.2, 0) is 9.05 Å². The van der Waals surface area contributed by atoms with E-state index in [1.54, 1.807) is 18.2 Å². The summed E-state index contributed by atoms with van der Waals surface area (Å²) in [4.78, 5) is 0. The second-order valence-corrected chi connectivity index (χ2v) is 13.2. The van der Waals surface area contributed by atoms with E-state index in [-0.39, 0.29) is 0 Å². The molecule has 0 N–H and O–H groups in total. The summed E-state index contributed by atoms with van der Waals surface area (Å²) in [5.41, 5.74) is 3.59. The van der Waals surface area contributed by atoms with Crippen LogP contribution in [0.15, 0.2) is 194 Å². The van der Waals surface area contributed by atoms with Crippen LogP contribution in [-0.4, -0.2) is 8.68 Å². The Morgan fingerprint density at radius 2 is 1.00 bits per heavy atom. The van der Waals surface area contributed by atoms with Gasteiger partial charge < -0.3 is 18.1 Å². The van der Waals surface area contributed by atoms with Crippen molar-refractivity contribution in [2.75, 3.05) is 0 Å². The minimum Gasteiger partial charge on any atom is -0.427 e. The third-order valence-corrected chi connectivity index (χ3v) is 10.3. The Morgan fingerprint density at radius 3 is 1.45 bits per heavy atom. The first-order valence-corrected chi connectivity index (χ1v) is 18.0. The molecule has 49 heavy (non-hydrogen) atoms. The van der Waals surface area contributed by atoms with Crippen LogP contribution in [0.4, 0.5) is 0 Å². The molecule has 2 unspecified atom stereocenters. The third kappa shape index (κ3) is 8.61. The van der Waals surface area contributed by atoms with Gasteiger partial charge >= 0.3 is 17.1 Å². The molecule has 6 rings (SSSR count). The average Bonchev–Trinajstić information content (AvgIpc) is 3.77. The van der Waals surface area contributed by atoms with Crippen molar-refractivity contribution in [1.29, 1.82) is 0 Å². The fourth-order valence-electron chi connectivity index (χ4n) is 4.87. The van der Waals surface area contributed by atoms with Crippen molar-refractivity contribution in [2.24, 2.45) is 0 Å². The van der Waals surface area contributed by atoms with E-state index in [9.17, 15) is 0 Å². The smallest absolute Gasteiger partial charge is 0.421 e. The van der Waals surface area contributed by atoms with Crippen LogP contribution in [0.1, 0.15) is 20.8 Å². The molecule has 6 nitrogen and oxygen atoms in total. The maximum Gasteiger partial charge on any atom is 0.421 e. The van der Waals surface area contributed by atoms with Crippen LogP contribution >= 0.6 is 17.1 Å². The van der Waals surface area contributed by atoms with Crippen molar-refractivity contribution >= 4 is 38.9 Å². The summed E-state index contributed by atoms with van der Waals surface area (Å²) >= 11 is 0. The van der Waals surface area contributed by atoms with Crippen molar-refractivity contribution < 1.29 is 18.1 Å². The van der Waals surface area contributed by atoms with E-state index in [1.165, 1.54) is 0 Å². The predicted octanol–water partition coefficient (Wildman–Crippen LogP) is 12.7. The molecular weight excluding hydrogens is 646 g/mol. The second-order valence-electron chi connectivity index (χ2n) is 10.7. The van der Waals surface area contributed by atoms with Gasteiger partial charge in [0, 0.05) is 28.7 Å². The second kappa shape index (κ2) is 17.2. The Hall–Kier alpha value is -5.28. The Labute approximate surface area is 291 Å². The number of allylic oxidation sites excluding steroid dienone is 6. The van der Waals surface area contributed by atoms with Gasteiger partial charge in [-0.05, 0) is 81.0 Å². The van der Waals surface area contributed by atoms with E-state index in [0.717, 1.165) is 33.0 Å². The van der Waals surface area contributed by atoms with Crippen LogP contribution in [0.3, 0.4) is 0 Å². The molecule has 2 atom stereocenters. The number of hydrogen-bond acceptors (Lipinski definition) is 4. The highest BCUT2D eigenvalue weighted by molar-refractivity contribution is 7.46. The molecule has 2 heterocycles. The lowest BCUT2D eigenvalue weighted by Gasteiger charge is -2.23. The van der Waals surface area contributed by atoms with Crippen LogP contribution < -0.4 is 9.05 Å². The molecule has 2 aromatic heterocycles. The topological polar surface area (TPSA) is 46.8 Å². The highest BCUT2D eigenvalue weighted by Crippen LogP contribution is 2.48. The van der Waals surface area contributed by atoms with Gasteiger partial charge in [-0.15, -0.1) is 6.58 Å². The summed E-state index contributed by atoms with van der Waals surface area (Å²) in [6.45, 7) is 17.4. The normalized spacial score (nSPS) is 13.1. The largest absolute Gasteiger partial charge is 0.427 e. The molecule has 0 radical (unpaired) electrons. The molecule has 8 heteroatoms. The predicted molar refractivity (Wildman–Crippen MR) is 206 cm³/mol. The first kappa shape index (κ1) is 35.0. The SMILES string of the molecule is C=C/C(OP(Oc1ccccc1)n1ccc2ccccc21)=C(C=C)/C(C)=C(/C)OP(Oc1ccccc1)n1ccc2ccccc21.C=CC. The molecule has 0 saturated carbocycles. The van der Waals surface area contributed by atoms with Crippen molar-refractivity contribution in [1.82, 2.24) is 8.68 Å². The Morgan fingerprint density at radius 1 is 0.571 bits per heavy atom. The Kier molecular flexibility index (Phi) is 12.3. The highest BCUT2D eigenvalue weighted by atomic mass is 31.2. The van der Waals surface area contributed by atoms with Crippen LogP contribution in [0.5, 0.6) is 11.5 Å². The quantitative estimate of drug-likeness (QED) is 0.0525. The number of nitrogens with zero attached hydrogens (tertiary/aromatic N) is 2. The molecule has 0 saturated heterocycles. The van der Waals surface area contributed by atoms with Crippen LogP contribution in [0.2, 0.25) is 0 Å². The molecular formula is C41H40N2O4P2. The molecule has 0 amide bonds. The van der Waals surface area contributed by atoms with Crippen LogP contribution in [0.25, 0.3) is 21.8 Å². The molecule has 6 aromatic rings. The third-order valence-electron chi connectivity index (χ3n) is 7.34. The van der Waals surface area contributed by atoms with E-state index in [1.807, 2.05) is 127 Å². The van der Waals surface area contributed by atoms with Gasteiger partial charge in [0.25, 0.3) is 0 Å². The number of benzene rings is 4. The summed E-state index contributed by atoms with van der Waals surface area (Å²) in [5, 5.41) is 2.19. The Bertz CT molecular complexity index is 2080. The lowest BCUT2D eigenvalue weighted by molar-refractivity contribution is 0.391. The Balaban J connectivity index is 0.00000151. The lowest BCUT2D eigenvalue weighted by atomic mass is 10.1. The van der Waals surface area contributed by atoms with E-state index >= 15 is 0 Å². The van der Waals surface area contributed by atoms with Crippen molar-refractivity contribution in [2.45, 2.75) is 20.8 Å². The van der Waals surface area contributed by atoms with Gasteiger partial charge in [0.1, 0.15) is 23.0 Å². The number of aromatic nitrogens is 2. The average molecular weight is 687 g/mol. The van der Waals surface area contributed by atoms with E-state index in [4.69, 9.17) is 18.1 Å². The van der Waals surface area contributed by atoms with Gasteiger partial charge in [0.05, 0.1) is 11.0 Å². The van der Waals surface area contributed by atoms with E-state index < -0.39 is 17.1 Å². The fraction of sp³-hybridized carbons (Fsp3) is 0.0732. The molecule has 4 aromatic carbocycles. The standard InChI is InChI=1S/C38H34N2O4P2.C3H6/c1-5-35(38(6-2)44-46(43-34-21-11-8-12-22-34)40-28-26-32-18-14-16-24-37(32)40)29(3)30(4)41-45(42-33-19-9-7-10-20-33)39-27-25-31-17-13-15-23-36(31)39;1-3-2/h5-28H,1-2H2,3-4H3;3H,1H2,2H3/b30-29-,38-35-;. The molecule has 0 aliphatic heterocycles. The van der Waals surface area contributed by atoms with Crippen molar-refractivity contribution in [3.63, 3.8) is 0 Å². The molecule has 0 aliphatic rings. The lowest BCUT2D eigenvalue weighted by Crippen LogP contribution is -2.05. The summed E-state index contributed by atoms with van der Waals surface area (Å²) in [6, 6.07) is 39.8. The molecule has 0 bridgehead atoms. The van der Waals surface area contributed by atoms with E-state index in [2.05, 4.69) is 56.1 Å². The fourth-order valence-corrected chi connectivity index (χ4v) is 7.68. The zero-order valence-corrected chi connectivity index (χ0v) is 29.8. The van der Waals surface area contributed by atoms with Gasteiger partial charge in [0.2, 0.25) is 0 Å². The molecule has 0 spiro atoms. The number of fused-ring (bicyclic) bond motifs is 2. The monoisotopic (exact) mass is 686 g/mol. The summed E-state index contributed by atoms with van der Waals surface area (Å²) in [6.07, 6.45) is 9.18. The van der Waals surface area contributed by atoms with Gasteiger partial charge in [-0.3, -0.25) is 8.68 Å². The van der Waals surface area contributed by atoms with Gasteiger partial charge in [-0.2, -0.15) is 0 Å². The zero-order chi connectivity index (χ0) is 34.6. The number of rotatable bonds is 13.